The average Bonchev–Trinajstić information content (AvgIpc) is 2.37. The van der Waals surface area contributed by atoms with E-state index in [1.165, 1.54) is 12.1 Å². The van der Waals surface area contributed by atoms with Gasteiger partial charge in [-0.25, -0.2) is 4.39 Å². The summed E-state index contributed by atoms with van der Waals surface area (Å²) in [5, 5.41) is 7.38. The van der Waals surface area contributed by atoms with Crippen LogP contribution in [0.3, 0.4) is 0 Å². The quantitative estimate of drug-likeness (QED) is 0.643. The number of nitrogen functional groups attached to an aromatic ring is 1. The molecule has 20 heavy (non-hydrogen) atoms. The largest absolute Gasteiger partial charge is 0.488 e. The Hall–Kier alpha value is -1.59. The second-order valence-electron chi connectivity index (χ2n) is 3.94. The lowest BCUT2D eigenvalue weighted by Gasteiger charge is -2.11. The van der Waals surface area contributed by atoms with Crippen LogP contribution in [0.1, 0.15) is 11.1 Å². The fraction of sp³-hybridized carbons (Fsp3) is 0.0714. The molecule has 0 amide bonds. The molecule has 3 nitrogen and oxygen atoms in total. The first-order valence-corrected chi connectivity index (χ1v) is 6.37. The Morgan fingerprint density at radius 3 is 2.45 bits per heavy atom. The molecule has 0 spiro atoms. The summed E-state index contributed by atoms with van der Waals surface area (Å²) in [7, 11) is 0. The standard InChI is InChI=1S/C14H12BrFN2O.ClH/c15-10-6-4-9(5-7-10)8-19-12-3-1-2-11(16)13(12)14(17)18;/h1-7H,8H2,(H3,17,18);1H. The van der Waals surface area contributed by atoms with Crippen molar-refractivity contribution in [1.82, 2.24) is 0 Å². The molecule has 0 unspecified atom stereocenters. The first kappa shape index (κ1) is 16.5. The third kappa shape index (κ3) is 3.95. The molecule has 0 aliphatic carbocycles. The predicted molar refractivity (Wildman–Crippen MR) is 83.1 cm³/mol. The van der Waals surface area contributed by atoms with Gasteiger partial charge in [0.2, 0.25) is 0 Å². The number of rotatable bonds is 4. The van der Waals surface area contributed by atoms with Gasteiger partial charge >= 0.3 is 0 Å². The second-order valence-corrected chi connectivity index (χ2v) is 4.86. The molecule has 0 heterocycles. The SMILES string of the molecule is Cl.N=C(N)c1c(F)cccc1OCc1ccc(Br)cc1. The molecule has 0 radical (unpaired) electrons. The van der Waals surface area contributed by atoms with Gasteiger partial charge < -0.3 is 10.5 Å². The van der Waals surface area contributed by atoms with E-state index in [1.807, 2.05) is 24.3 Å². The van der Waals surface area contributed by atoms with Gasteiger partial charge in [0.05, 0.1) is 5.56 Å². The van der Waals surface area contributed by atoms with Gasteiger partial charge in [-0.05, 0) is 29.8 Å². The lowest BCUT2D eigenvalue weighted by molar-refractivity contribution is 0.304. The van der Waals surface area contributed by atoms with Gasteiger partial charge in [-0.15, -0.1) is 12.4 Å². The summed E-state index contributed by atoms with van der Waals surface area (Å²) < 4.78 is 20.1. The maximum Gasteiger partial charge on any atom is 0.137 e. The molecule has 2 aromatic carbocycles. The molecule has 0 atom stereocenters. The van der Waals surface area contributed by atoms with Crippen LogP contribution in [-0.2, 0) is 6.61 Å². The van der Waals surface area contributed by atoms with E-state index in [0.29, 0.717) is 0 Å². The minimum Gasteiger partial charge on any atom is -0.488 e. The lowest BCUT2D eigenvalue weighted by Crippen LogP contribution is -2.15. The molecule has 0 saturated heterocycles. The van der Waals surface area contributed by atoms with E-state index in [9.17, 15) is 4.39 Å². The number of ether oxygens (including phenoxy) is 1. The van der Waals surface area contributed by atoms with Crippen LogP contribution >= 0.6 is 28.3 Å². The molecule has 0 saturated carbocycles. The van der Waals surface area contributed by atoms with Crippen LogP contribution in [0.4, 0.5) is 4.39 Å². The normalized spacial score (nSPS) is 9.70. The Bertz CT molecular complexity index is 605. The summed E-state index contributed by atoms with van der Waals surface area (Å²) in [6.45, 7) is 0.289. The van der Waals surface area contributed by atoms with Crippen molar-refractivity contribution in [2.45, 2.75) is 6.61 Å². The Morgan fingerprint density at radius 2 is 1.85 bits per heavy atom. The number of hydrogen-bond donors (Lipinski definition) is 2. The van der Waals surface area contributed by atoms with Crippen molar-refractivity contribution in [2.75, 3.05) is 0 Å². The first-order valence-electron chi connectivity index (χ1n) is 5.58. The van der Waals surface area contributed by atoms with Crippen molar-refractivity contribution in [3.8, 4) is 5.75 Å². The zero-order valence-corrected chi connectivity index (χ0v) is 12.8. The molecule has 0 aliphatic heterocycles. The minimum atomic E-state index is -0.555. The molecule has 0 fully saturated rings. The summed E-state index contributed by atoms with van der Waals surface area (Å²) in [5.41, 5.74) is 6.31. The van der Waals surface area contributed by atoms with E-state index in [4.69, 9.17) is 15.9 Å². The number of benzene rings is 2. The third-order valence-electron chi connectivity index (χ3n) is 2.55. The number of amidine groups is 1. The summed E-state index contributed by atoms with van der Waals surface area (Å²) >= 11 is 3.35. The number of nitrogens with one attached hydrogen (secondary N) is 1. The summed E-state index contributed by atoms with van der Waals surface area (Å²) in [4.78, 5) is 0. The lowest BCUT2D eigenvalue weighted by atomic mass is 10.1. The zero-order chi connectivity index (χ0) is 13.8. The van der Waals surface area contributed by atoms with Crippen molar-refractivity contribution >= 4 is 34.2 Å². The van der Waals surface area contributed by atoms with E-state index < -0.39 is 5.82 Å². The molecule has 2 aromatic rings. The Morgan fingerprint density at radius 1 is 1.20 bits per heavy atom. The second kappa shape index (κ2) is 7.26. The van der Waals surface area contributed by atoms with Gasteiger partial charge in [-0.2, -0.15) is 0 Å². The van der Waals surface area contributed by atoms with Crippen LogP contribution in [0.5, 0.6) is 5.75 Å². The molecule has 6 heteroatoms. The smallest absolute Gasteiger partial charge is 0.137 e. The fourth-order valence-corrected chi connectivity index (χ4v) is 1.89. The van der Waals surface area contributed by atoms with Crippen molar-refractivity contribution in [2.24, 2.45) is 5.73 Å². The molecular formula is C14H13BrClFN2O. The van der Waals surface area contributed by atoms with Crippen LogP contribution in [0.15, 0.2) is 46.9 Å². The van der Waals surface area contributed by atoms with Gasteiger partial charge in [0.15, 0.2) is 0 Å². The minimum absolute atomic E-state index is 0. The highest BCUT2D eigenvalue weighted by Gasteiger charge is 2.12. The van der Waals surface area contributed by atoms with E-state index in [-0.39, 0.29) is 36.2 Å². The average molecular weight is 360 g/mol. The van der Waals surface area contributed by atoms with Gasteiger partial charge in [0.25, 0.3) is 0 Å². The van der Waals surface area contributed by atoms with Gasteiger partial charge in [0, 0.05) is 4.47 Å². The van der Waals surface area contributed by atoms with E-state index >= 15 is 0 Å². The van der Waals surface area contributed by atoms with Crippen molar-refractivity contribution in [3.63, 3.8) is 0 Å². The molecule has 3 N–H and O–H groups in total. The van der Waals surface area contributed by atoms with Crippen LogP contribution in [0.2, 0.25) is 0 Å². The molecule has 106 valence electrons. The number of nitrogens with two attached hydrogens (primary N) is 1. The van der Waals surface area contributed by atoms with E-state index in [2.05, 4.69) is 15.9 Å². The monoisotopic (exact) mass is 358 g/mol. The Kier molecular flexibility index (Phi) is 5.98. The summed E-state index contributed by atoms with van der Waals surface area (Å²) in [6, 6.07) is 12.0. The summed E-state index contributed by atoms with van der Waals surface area (Å²) in [6.07, 6.45) is 0. The zero-order valence-electron chi connectivity index (χ0n) is 10.4. The van der Waals surface area contributed by atoms with Crippen LogP contribution in [-0.4, -0.2) is 5.84 Å². The van der Waals surface area contributed by atoms with E-state index in [1.54, 1.807) is 6.07 Å². The fourth-order valence-electron chi connectivity index (χ4n) is 1.63. The highest BCUT2D eigenvalue weighted by molar-refractivity contribution is 9.10. The van der Waals surface area contributed by atoms with Crippen LogP contribution in [0.25, 0.3) is 0 Å². The van der Waals surface area contributed by atoms with E-state index in [0.717, 1.165) is 10.0 Å². The van der Waals surface area contributed by atoms with Crippen molar-refractivity contribution in [1.29, 1.82) is 5.41 Å². The van der Waals surface area contributed by atoms with Crippen molar-refractivity contribution < 1.29 is 9.13 Å². The molecule has 2 rings (SSSR count). The van der Waals surface area contributed by atoms with Gasteiger partial charge in [-0.1, -0.05) is 34.1 Å². The molecular weight excluding hydrogens is 347 g/mol. The number of halogens is 3. The van der Waals surface area contributed by atoms with Gasteiger partial charge in [0.1, 0.15) is 24.0 Å². The molecule has 0 aromatic heterocycles. The third-order valence-corrected chi connectivity index (χ3v) is 3.08. The Balaban J connectivity index is 0.00000200. The number of hydrogen-bond acceptors (Lipinski definition) is 2. The maximum atomic E-state index is 13.6. The first-order chi connectivity index (χ1) is 9.08. The van der Waals surface area contributed by atoms with Crippen molar-refractivity contribution in [3.05, 3.63) is 63.9 Å². The predicted octanol–water partition coefficient (Wildman–Crippen LogP) is 3.87. The highest BCUT2D eigenvalue weighted by atomic mass is 79.9. The van der Waals surface area contributed by atoms with Crippen LogP contribution < -0.4 is 10.5 Å². The summed E-state index contributed by atoms with van der Waals surface area (Å²) in [5.74, 6) is -0.625. The topological polar surface area (TPSA) is 59.1 Å². The van der Waals surface area contributed by atoms with Gasteiger partial charge in [-0.3, -0.25) is 5.41 Å². The Labute approximate surface area is 131 Å². The molecule has 0 bridgehead atoms. The van der Waals surface area contributed by atoms with Crippen LogP contribution in [0, 0.1) is 11.2 Å². The highest BCUT2D eigenvalue weighted by Crippen LogP contribution is 2.22. The maximum absolute atomic E-state index is 13.6. The molecule has 0 aliphatic rings.